The van der Waals surface area contributed by atoms with E-state index in [9.17, 15) is 4.79 Å². The van der Waals surface area contributed by atoms with E-state index in [1.807, 2.05) is 19.4 Å². The molecule has 2 rings (SSSR count). The van der Waals surface area contributed by atoms with Crippen molar-refractivity contribution < 1.29 is 14.6 Å². The van der Waals surface area contributed by atoms with Crippen LogP contribution in [0.1, 0.15) is 15.9 Å². The summed E-state index contributed by atoms with van der Waals surface area (Å²) < 4.78 is 7.30. The first-order chi connectivity index (χ1) is 10.1. The number of benzene rings is 1. The normalized spacial score (nSPS) is 10.5. The molecule has 0 spiro atoms. The Bertz CT molecular complexity index is 595. The zero-order chi connectivity index (χ0) is 15.1. The van der Waals surface area contributed by atoms with Crippen LogP contribution in [-0.2, 0) is 13.5 Å². The topological polar surface area (TPSA) is 76.4 Å². The lowest BCUT2D eigenvalue weighted by molar-refractivity contribution is 0.0696. The Kier molecular flexibility index (Phi) is 5.34. The van der Waals surface area contributed by atoms with Gasteiger partial charge in [-0.2, -0.15) is 5.10 Å². The summed E-state index contributed by atoms with van der Waals surface area (Å²) in [6.45, 7) is 2.05. The Morgan fingerprint density at radius 3 is 3.00 bits per heavy atom. The van der Waals surface area contributed by atoms with E-state index in [2.05, 4.69) is 10.4 Å². The molecular formula is C15H19N3O3. The molecule has 6 heteroatoms. The summed E-state index contributed by atoms with van der Waals surface area (Å²) in [4.78, 5) is 10.8. The van der Waals surface area contributed by atoms with Crippen molar-refractivity contribution >= 4 is 5.97 Å². The average Bonchev–Trinajstić information content (AvgIpc) is 2.88. The molecule has 0 saturated heterocycles. The molecule has 0 aliphatic rings. The first-order valence-electron chi connectivity index (χ1n) is 6.79. The minimum Gasteiger partial charge on any atom is -0.492 e. The van der Waals surface area contributed by atoms with E-state index in [0.717, 1.165) is 13.0 Å². The van der Waals surface area contributed by atoms with Gasteiger partial charge in [0.25, 0.3) is 0 Å². The van der Waals surface area contributed by atoms with Crippen LogP contribution in [0, 0.1) is 0 Å². The number of carbonyl (C=O) groups is 1. The number of carboxylic acid groups (broad SMARTS) is 1. The van der Waals surface area contributed by atoms with Crippen LogP contribution in [0.2, 0.25) is 0 Å². The van der Waals surface area contributed by atoms with Gasteiger partial charge in [-0.05, 0) is 36.7 Å². The average molecular weight is 289 g/mol. The highest BCUT2D eigenvalue weighted by atomic mass is 16.5. The molecule has 0 radical (unpaired) electrons. The molecule has 0 saturated carbocycles. The standard InChI is InChI=1S/C15H19N3O3/c1-18-11-12(10-17-18)5-6-16-7-8-21-14-4-2-3-13(9-14)15(19)20/h2-4,9-11,16H,5-8H2,1H3,(H,19,20). The second-order valence-corrected chi connectivity index (χ2v) is 4.70. The van der Waals surface area contributed by atoms with E-state index in [4.69, 9.17) is 9.84 Å². The third kappa shape index (κ3) is 4.92. The van der Waals surface area contributed by atoms with E-state index in [0.29, 0.717) is 18.9 Å². The molecule has 0 atom stereocenters. The number of hydrogen-bond acceptors (Lipinski definition) is 4. The number of nitrogens with one attached hydrogen (secondary N) is 1. The number of ether oxygens (including phenoxy) is 1. The van der Waals surface area contributed by atoms with Crippen molar-refractivity contribution in [1.82, 2.24) is 15.1 Å². The van der Waals surface area contributed by atoms with Gasteiger partial charge in [0, 0.05) is 19.8 Å². The second kappa shape index (κ2) is 7.44. The molecule has 112 valence electrons. The minimum atomic E-state index is -0.949. The van der Waals surface area contributed by atoms with Crippen LogP contribution >= 0.6 is 0 Å². The molecule has 0 aliphatic heterocycles. The summed E-state index contributed by atoms with van der Waals surface area (Å²) in [7, 11) is 1.90. The molecule has 1 heterocycles. The molecule has 0 fully saturated rings. The van der Waals surface area contributed by atoms with E-state index in [-0.39, 0.29) is 5.56 Å². The first-order valence-corrected chi connectivity index (χ1v) is 6.79. The molecule has 21 heavy (non-hydrogen) atoms. The molecule has 0 unspecified atom stereocenters. The number of aryl methyl sites for hydroxylation is 1. The van der Waals surface area contributed by atoms with Gasteiger partial charge in [0.1, 0.15) is 12.4 Å². The number of carboxylic acids is 1. The summed E-state index contributed by atoms with van der Waals surface area (Å²) in [5.74, 6) is -0.376. The van der Waals surface area contributed by atoms with E-state index in [1.54, 1.807) is 22.9 Å². The highest BCUT2D eigenvalue weighted by molar-refractivity contribution is 5.87. The summed E-state index contributed by atoms with van der Waals surface area (Å²) in [6, 6.07) is 6.50. The van der Waals surface area contributed by atoms with Gasteiger partial charge in [-0.1, -0.05) is 6.07 Å². The van der Waals surface area contributed by atoms with Gasteiger partial charge in [0.2, 0.25) is 0 Å². The lowest BCUT2D eigenvalue weighted by Crippen LogP contribution is -2.23. The van der Waals surface area contributed by atoms with Gasteiger partial charge in [0.05, 0.1) is 11.8 Å². The summed E-state index contributed by atoms with van der Waals surface area (Å²) >= 11 is 0. The summed E-state index contributed by atoms with van der Waals surface area (Å²) in [5, 5.41) is 16.3. The van der Waals surface area contributed by atoms with Crippen molar-refractivity contribution in [3.63, 3.8) is 0 Å². The maximum atomic E-state index is 10.8. The number of nitrogens with zero attached hydrogens (tertiary/aromatic N) is 2. The molecule has 1 aromatic carbocycles. The Hall–Kier alpha value is -2.34. The molecule has 1 aromatic heterocycles. The fourth-order valence-corrected chi connectivity index (χ4v) is 1.92. The summed E-state index contributed by atoms with van der Waals surface area (Å²) in [5.41, 5.74) is 1.43. The molecule has 2 N–H and O–H groups in total. The quantitative estimate of drug-likeness (QED) is 0.717. The maximum absolute atomic E-state index is 10.8. The predicted octanol–water partition coefficient (Wildman–Crippen LogP) is 1.33. The van der Waals surface area contributed by atoms with Crippen LogP contribution in [0.15, 0.2) is 36.7 Å². The second-order valence-electron chi connectivity index (χ2n) is 4.70. The third-order valence-electron chi connectivity index (χ3n) is 2.98. The Balaban J connectivity index is 1.63. The van der Waals surface area contributed by atoms with Crippen molar-refractivity contribution in [3.8, 4) is 5.75 Å². The van der Waals surface area contributed by atoms with Crippen LogP contribution in [-0.4, -0.2) is 40.6 Å². The Morgan fingerprint density at radius 1 is 1.43 bits per heavy atom. The highest BCUT2D eigenvalue weighted by Crippen LogP contribution is 2.12. The molecule has 0 amide bonds. The monoisotopic (exact) mass is 289 g/mol. The van der Waals surface area contributed by atoms with Crippen LogP contribution in [0.25, 0.3) is 0 Å². The van der Waals surface area contributed by atoms with E-state index < -0.39 is 5.97 Å². The third-order valence-corrected chi connectivity index (χ3v) is 2.98. The zero-order valence-electron chi connectivity index (χ0n) is 12.0. The van der Waals surface area contributed by atoms with Crippen LogP contribution in [0.3, 0.4) is 0 Å². The minimum absolute atomic E-state index is 0.233. The van der Waals surface area contributed by atoms with Gasteiger partial charge in [0.15, 0.2) is 0 Å². The number of aromatic nitrogens is 2. The predicted molar refractivity (Wildman–Crippen MR) is 78.7 cm³/mol. The number of aromatic carboxylic acids is 1. The lowest BCUT2D eigenvalue weighted by Gasteiger charge is -2.07. The van der Waals surface area contributed by atoms with E-state index in [1.165, 1.54) is 11.6 Å². The van der Waals surface area contributed by atoms with Crippen LogP contribution in [0.5, 0.6) is 5.75 Å². The van der Waals surface area contributed by atoms with Crippen LogP contribution < -0.4 is 10.1 Å². The van der Waals surface area contributed by atoms with Gasteiger partial charge in [-0.3, -0.25) is 4.68 Å². The van der Waals surface area contributed by atoms with Crippen molar-refractivity contribution in [2.24, 2.45) is 7.05 Å². The first kappa shape index (κ1) is 15.1. The molecular weight excluding hydrogens is 270 g/mol. The Labute approximate surface area is 123 Å². The lowest BCUT2D eigenvalue weighted by atomic mass is 10.2. The van der Waals surface area contributed by atoms with Crippen molar-refractivity contribution in [3.05, 3.63) is 47.8 Å². The summed E-state index contributed by atoms with van der Waals surface area (Å²) in [6.07, 6.45) is 4.77. The molecule has 0 aliphatic carbocycles. The van der Waals surface area contributed by atoms with Crippen LogP contribution in [0.4, 0.5) is 0 Å². The van der Waals surface area contributed by atoms with E-state index >= 15 is 0 Å². The smallest absolute Gasteiger partial charge is 0.335 e. The largest absolute Gasteiger partial charge is 0.492 e. The van der Waals surface area contributed by atoms with Gasteiger partial charge in [-0.15, -0.1) is 0 Å². The molecule has 2 aromatic rings. The zero-order valence-corrected chi connectivity index (χ0v) is 12.0. The fraction of sp³-hybridized carbons (Fsp3) is 0.333. The van der Waals surface area contributed by atoms with Gasteiger partial charge >= 0.3 is 5.97 Å². The van der Waals surface area contributed by atoms with Gasteiger partial charge in [-0.25, -0.2) is 4.79 Å². The van der Waals surface area contributed by atoms with Crippen molar-refractivity contribution in [2.45, 2.75) is 6.42 Å². The Morgan fingerprint density at radius 2 is 2.29 bits per heavy atom. The number of rotatable bonds is 8. The number of hydrogen-bond donors (Lipinski definition) is 2. The molecule has 6 nitrogen and oxygen atoms in total. The van der Waals surface area contributed by atoms with Crippen molar-refractivity contribution in [2.75, 3.05) is 19.7 Å². The highest BCUT2D eigenvalue weighted by Gasteiger charge is 2.03. The molecule has 0 bridgehead atoms. The fourth-order valence-electron chi connectivity index (χ4n) is 1.92. The van der Waals surface area contributed by atoms with Gasteiger partial charge < -0.3 is 15.2 Å². The van der Waals surface area contributed by atoms with Crippen molar-refractivity contribution in [1.29, 1.82) is 0 Å². The maximum Gasteiger partial charge on any atom is 0.335 e. The SMILES string of the molecule is Cn1cc(CCNCCOc2cccc(C(=O)O)c2)cn1.